The summed E-state index contributed by atoms with van der Waals surface area (Å²) in [7, 11) is 1.55. The van der Waals surface area contributed by atoms with Crippen molar-refractivity contribution >= 4 is 23.8 Å². The topological polar surface area (TPSA) is 98.8 Å². The number of rotatable bonds is 4. The van der Waals surface area contributed by atoms with E-state index in [9.17, 15) is 32.3 Å². The Hall–Kier alpha value is -3.89. The quantitative estimate of drug-likeness (QED) is 0.597. The Bertz CT molecular complexity index is 1320. The van der Waals surface area contributed by atoms with E-state index < -0.39 is 60.0 Å². The van der Waals surface area contributed by atoms with E-state index in [4.69, 9.17) is 0 Å². The van der Waals surface area contributed by atoms with Gasteiger partial charge in [0.25, 0.3) is 11.8 Å². The molecule has 1 spiro atoms. The first-order valence-electron chi connectivity index (χ1n) is 12.3. The number of amides is 5. The molecule has 5 amide bonds. The summed E-state index contributed by atoms with van der Waals surface area (Å²) in [6, 6.07) is 11.5. The van der Waals surface area contributed by atoms with E-state index in [0.29, 0.717) is 6.42 Å². The first-order chi connectivity index (χ1) is 17.9. The Labute approximate surface area is 217 Å². The number of nitrogens with zero attached hydrogens (tertiary/aromatic N) is 2. The van der Waals surface area contributed by atoms with Gasteiger partial charge in [-0.25, -0.2) is 4.79 Å². The lowest BCUT2D eigenvalue weighted by Crippen LogP contribution is -2.59. The number of halogens is 3. The van der Waals surface area contributed by atoms with Gasteiger partial charge in [0.05, 0.1) is 0 Å². The summed E-state index contributed by atoms with van der Waals surface area (Å²) in [6.45, 7) is 0.189. The number of hydrogen-bond acceptors (Lipinski definition) is 4. The molecular formula is C27H27F3N4O4. The molecule has 2 aromatic carbocycles. The second kappa shape index (κ2) is 9.14. The van der Waals surface area contributed by atoms with Crippen molar-refractivity contribution in [2.45, 2.75) is 55.9 Å². The van der Waals surface area contributed by atoms with Crippen LogP contribution in [0.2, 0.25) is 0 Å². The van der Waals surface area contributed by atoms with Crippen molar-refractivity contribution in [1.82, 2.24) is 20.4 Å². The summed E-state index contributed by atoms with van der Waals surface area (Å²) in [6.07, 6.45) is -3.89. The fourth-order valence-electron chi connectivity index (χ4n) is 5.90. The molecule has 200 valence electrons. The lowest BCUT2D eigenvalue weighted by atomic mass is 9.81. The molecule has 2 fully saturated rings. The zero-order valence-electron chi connectivity index (χ0n) is 20.8. The molecule has 38 heavy (non-hydrogen) atoms. The van der Waals surface area contributed by atoms with Crippen LogP contribution in [0.5, 0.6) is 0 Å². The first-order valence-corrected chi connectivity index (χ1v) is 12.3. The van der Waals surface area contributed by atoms with Crippen LogP contribution in [-0.4, -0.2) is 70.9 Å². The number of piperidine rings is 1. The van der Waals surface area contributed by atoms with Gasteiger partial charge in [0.1, 0.15) is 18.1 Å². The highest BCUT2D eigenvalue weighted by molar-refractivity contribution is 6.08. The van der Waals surface area contributed by atoms with E-state index in [0.717, 1.165) is 21.6 Å². The maximum atomic E-state index is 13.4. The van der Waals surface area contributed by atoms with E-state index in [-0.39, 0.29) is 18.4 Å². The van der Waals surface area contributed by atoms with E-state index in [1.165, 1.54) is 4.90 Å². The maximum absolute atomic E-state index is 13.4. The molecule has 11 heteroatoms. The first kappa shape index (κ1) is 25.7. The summed E-state index contributed by atoms with van der Waals surface area (Å²) in [5.41, 5.74) is 1.50. The minimum absolute atomic E-state index is 0.158. The van der Waals surface area contributed by atoms with Gasteiger partial charge < -0.3 is 15.1 Å². The molecule has 2 N–H and O–H groups in total. The minimum atomic E-state index is -4.59. The van der Waals surface area contributed by atoms with E-state index in [1.807, 2.05) is 0 Å². The van der Waals surface area contributed by atoms with Crippen LogP contribution in [0, 0.1) is 0 Å². The molecule has 2 aliphatic heterocycles. The van der Waals surface area contributed by atoms with Gasteiger partial charge in [0.15, 0.2) is 0 Å². The summed E-state index contributed by atoms with van der Waals surface area (Å²) in [4.78, 5) is 53.1. The predicted molar refractivity (Wildman–Crippen MR) is 130 cm³/mol. The lowest BCUT2D eigenvalue weighted by Gasteiger charge is -2.43. The molecule has 0 saturated carbocycles. The number of likely N-dealkylation sites (N-methyl/N-ethyl adjacent to an activating group) is 1. The Morgan fingerprint density at radius 1 is 1.08 bits per heavy atom. The van der Waals surface area contributed by atoms with Crippen LogP contribution < -0.4 is 10.6 Å². The van der Waals surface area contributed by atoms with Gasteiger partial charge in [-0.2, -0.15) is 13.2 Å². The fourth-order valence-corrected chi connectivity index (χ4v) is 5.90. The number of benzene rings is 2. The molecule has 8 nitrogen and oxygen atoms in total. The van der Waals surface area contributed by atoms with Gasteiger partial charge in [-0.05, 0) is 42.2 Å². The highest BCUT2D eigenvalue weighted by atomic mass is 19.4. The Morgan fingerprint density at radius 3 is 2.39 bits per heavy atom. The number of hydrogen-bond donors (Lipinski definition) is 2. The van der Waals surface area contributed by atoms with Crippen LogP contribution in [0.25, 0.3) is 0 Å². The maximum Gasteiger partial charge on any atom is 0.406 e. The van der Waals surface area contributed by atoms with Gasteiger partial charge >= 0.3 is 12.2 Å². The largest absolute Gasteiger partial charge is 0.406 e. The van der Waals surface area contributed by atoms with Crippen LogP contribution in [0.4, 0.5) is 18.0 Å². The standard InChI is InChI=1S/C27H27F3N4O4/c1-15-20(16-6-4-3-5-7-16)11-21(23(36)34(15)14-27(28,29)30)31-22(35)17-8-9-18-12-26(13-19(18)10-17)24(37)32-25(38)33(26)2/h3-10,15,20-21H,11-14H2,1-2H3,(H,31,35)(H,32,37,38)/t15-,20-,21+,26+/m1/s1. The van der Waals surface area contributed by atoms with Crippen LogP contribution >= 0.6 is 0 Å². The van der Waals surface area contributed by atoms with E-state index in [1.54, 1.807) is 62.5 Å². The van der Waals surface area contributed by atoms with Crippen molar-refractivity contribution < 1.29 is 32.3 Å². The van der Waals surface area contributed by atoms with Crippen molar-refractivity contribution in [3.8, 4) is 0 Å². The SMILES string of the molecule is C[C@@H]1[C@H](c2ccccc2)C[C@H](NC(=O)c2ccc3c(c2)C[C@@]2(C3)C(=O)NC(=O)N2C)C(=O)N1CC(F)(F)F. The van der Waals surface area contributed by atoms with Crippen LogP contribution in [-0.2, 0) is 22.4 Å². The molecular weight excluding hydrogens is 501 g/mol. The average Bonchev–Trinajstić information content (AvgIpc) is 3.36. The summed E-state index contributed by atoms with van der Waals surface area (Å²) in [5, 5.41) is 4.97. The van der Waals surface area contributed by atoms with E-state index >= 15 is 0 Å². The van der Waals surface area contributed by atoms with Crippen LogP contribution in [0.1, 0.15) is 46.3 Å². The fraction of sp³-hybridized carbons (Fsp3) is 0.407. The number of likely N-dealkylation sites (tertiary alicyclic amines) is 1. The lowest BCUT2D eigenvalue weighted by molar-refractivity contribution is -0.170. The summed E-state index contributed by atoms with van der Waals surface area (Å²) in [5.74, 6) is -2.18. The highest BCUT2D eigenvalue weighted by Crippen LogP contribution is 2.38. The van der Waals surface area contributed by atoms with Gasteiger partial charge in [0, 0.05) is 37.4 Å². The van der Waals surface area contributed by atoms with Crippen LogP contribution in [0.15, 0.2) is 48.5 Å². The molecule has 0 bridgehead atoms. The van der Waals surface area contributed by atoms with E-state index in [2.05, 4.69) is 10.6 Å². The molecule has 1 aliphatic carbocycles. The van der Waals surface area contributed by atoms with Gasteiger partial charge in [-0.15, -0.1) is 0 Å². The van der Waals surface area contributed by atoms with Crippen molar-refractivity contribution in [3.63, 3.8) is 0 Å². The molecule has 0 aromatic heterocycles. The van der Waals surface area contributed by atoms with Crippen molar-refractivity contribution in [2.75, 3.05) is 13.6 Å². The predicted octanol–water partition coefficient (Wildman–Crippen LogP) is 2.77. The third-order valence-electron chi connectivity index (χ3n) is 8.05. The molecule has 2 aromatic rings. The third-order valence-corrected chi connectivity index (χ3v) is 8.05. The molecule has 0 radical (unpaired) electrons. The number of alkyl halides is 3. The number of carbonyl (C=O) groups excluding carboxylic acids is 4. The van der Waals surface area contributed by atoms with Crippen molar-refractivity contribution in [3.05, 3.63) is 70.8 Å². The van der Waals surface area contributed by atoms with Gasteiger partial charge in [-0.1, -0.05) is 36.4 Å². The van der Waals surface area contributed by atoms with Crippen molar-refractivity contribution in [2.24, 2.45) is 0 Å². The summed E-state index contributed by atoms with van der Waals surface area (Å²) < 4.78 is 40.1. The number of imide groups is 1. The van der Waals surface area contributed by atoms with Gasteiger partial charge in [-0.3, -0.25) is 19.7 Å². The number of fused-ring (bicyclic) bond motifs is 1. The molecule has 3 aliphatic rings. The zero-order chi connectivity index (χ0) is 27.4. The average molecular weight is 529 g/mol. The normalized spacial score (nSPS) is 27.1. The Balaban J connectivity index is 1.38. The molecule has 2 heterocycles. The molecule has 5 rings (SSSR count). The Kier molecular flexibility index (Phi) is 6.19. The highest BCUT2D eigenvalue weighted by Gasteiger charge is 2.54. The molecule has 0 unspecified atom stereocenters. The number of urea groups is 1. The Morgan fingerprint density at radius 2 is 1.76 bits per heavy atom. The zero-order valence-corrected chi connectivity index (χ0v) is 20.8. The summed E-state index contributed by atoms with van der Waals surface area (Å²) >= 11 is 0. The molecule has 4 atom stereocenters. The molecule has 2 saturated heterocycles. The van der Waals surface area contributed by atoms with Crippen LogP contribution in [0.3, 0.4) is 0 Å². The number of carbonyl (C=O) groups is 4. The monoisotopic (exact) mass is 528 g/mol. The second-order valence-electron chi connectivity index (χ2n) is 10.3. The van der Waals surface area contributed by atoms with Crippen molar-refractivity contribution in [1.29, 1.82) is 0 Å². The van der Waals surface area contributed by atoms with Gasteiger partial charge in [0.2, 0.25) is 5.91 Å². The smallest absolute Gasteiger partial charge is 0.340 e. The minimum Gasteiger partial charge on any atom is -0.340 e. The second-order valence-corrected chi connectivity index (χ2v) is 10.3. The number of nitrogens with one attached hydrogen (secondary N) is 2. The third kappa shape index (κ3) is 4.39.